The summed E-state index contributed by atoms with van der Waals surface area (Å²) in [6, 6.07) is 4.74. The minimum Gasteiger partial charge on any atom is -0.392 e. The van der Waals surface area contributed by atoms with Gasteiger partial charge in [-0.25, -0.2) is 8.42 Å². The van der Waals surface area contributed by atoms with Crippen molar-refractivity contribution in [1.29, 1.82) is 0 Å². The molecular formula is C13H19ClN2O3S. The molecule has 1 atom stereocenters. The van der Waals surface area contributed by atoms with Gasteiger partial charge in [0.1, 0.15) is 4.90 Å². The van der Waals surface area contributed by atoms with Crippen LogP contribution >= 0.6 is 11.6 Å². The third-order valence-electron chi connectivity index (χ3n) is 3.72. The second-order valence-electron chi connectivity index (χ2n) is 5.12. The Labute approximate surface area is 124 Å². The maximum atomic E-state index is 12.7. The summed E-state index contributed by atoms with van der Waals surface area (Å²) in [6.07, 6.45) is 0. The van der Waals surface area contributed by atoms with Crippen molar-refractivity contribution in [2.24, 2.45) is 0 Å². The summed E-state index contributed by atoms with van der Waals surface area (Å²) in [7, 11) is -1.64. The monoisotopic (exact) mass is 318 g/mol. The second-order valence-corrected chi connectivity index (χ2v) is 7.43. The van der Waals surface area contributed by atoms with Crippen LogP contribution in [0.2, 0.25) is 5.02 Å². The van der Waals surface area contributed by atoms with Gasteiger partial charge in [0.25, 0.3) is 0 Å². The van der Waals surface area contributed by atoms with Gasteiger partial charge in [-0.2, -0.15) is 4.31 Å². The van der Waals surface area contributed by atoms with Gasteiger partial charge in [0.15, 0.2) is 0 Å². The van der Waals surface area contributed by atoms with Crippen LogP contribution in [-0.4, -0.2) is 55.5 Å². The predicted octanol–water partition coefficient (Wildman–Crippen LogP) is 1.16. The van der Waals surface area contributed by atoms with Crippen molar-refractivity contribution in [2.45, 2.75) is 24.5 Å². The molecule has 0 bridgehead atoms. The molecule has 0 aliphatic carbocycles. The molecule has 112 valence electrons. The van der Waals surface area contributed by atoms with Crippen LogP contribution in [-0.2, 0) is 16.6 Å². The molecule has 0 spiro atoms. The molecular weight excluding hydrogens is 300 g/mol. The van der Waals surface area contributed by atoms with E-state index in [9.17, 15) is 8.42 Å². The molecule has 1 aromatic rings. The van der Waals surface area contributed by atoms with E-state index in [1.54, 1.807) is 6.07 Å². The fourth-order valence-corrected chi connectivity index (χ4v) is 4.25. The number of benzene rings is 1. The molecule has 1 fully saturated rings. The lowest BCUT2D eigenvalue weighted by molar-refractivity contribution is 0.159. The highest BCUT2D eigenvalue weighted by Gasteiger charge is 2.32. The highest BCUT2D eigenvalue weighted by Crippen LogP contribution is 2.27. The number of nitrogens with zero attached hydrogens (tertiary/aromatic N) is 2. The molecule has 5 nitrogen and oxygen atoms in total. The average Bonchev–Trinajstić information content (AvgIpc) is 2.42. The second kappa shape index (κ2) is 5.99. The van der Waals surface area contributed by atoms with Gasteiger partial charge >= 0.3 is 0 Å². The summed E-state index contributed by atoms with van der Waals surface area (Å²) in [5.41, 5.74) is 0.537. The highest BCUT2D eigenvalue weighted by molar-refractivity contribution is 7.89. The lowest BCUT2D eigenvalue weighted by Crippen LogP contribution is -2.51. The van der Waals surface area contributed by atoms with E-state index in [0.717, 1.165) is 0 Å². The first kappa shape index (κ1) is 15.7. The molecule has 20 heavy (non-hydrogen) atoms. The van der Waals surface area contributed by atoms with E-state index in [-0.39, 0.29) is 22.6 Å². The quantitative estimate of drug-likeness (QED) is 0.908. The molecule has 1 N–H and O–H groups in total. The highest BCUT2D eigenvalue weighted by atomic mass is 35.5. The van der Waals surface area contributed by atoms with Crippen LogP contribution in [0.25, 0.3) is 0 Å². The number of piperazine rings is 1. The molecule has 1 aliphatic heterocycles. The van der Waals surface area contributed by atoms with E-state index >= 15 is 0 Å². The Morgan fingerprint density at radius 2 is 2.10 bits per heavy atom. The number of aliphatic hydroxyl groups excluding tert-OH is 1. The zero-order chi connectivity index (χ0) is 14.9. The Kier molecular flexibility index (Phi) is 4.71. The third kappa shape index (κ3) is 2.99. The van der Waals surface area contributed by atoms with Gasteiger partial charge in [-0.05, 0) is 31.7 Å². The van der Waals surface area contributed by atoms with Gasteiger partial charge in [-0.3, -0.25) is 0 Å². The summed E-state index contributed by atoms with van der Waals surface area (Å²) in [6.45, 7) is 3.37. The van der Waals surface area contributed by atoms with Gasteiger partial charge in [0.2, 0.25) is 10.0 Å². The molecule has 1 saturated heterocycles. The van der Waals surface area contributed by atoms with Gasteiger partial charge in [0.05, 0.1) is 11.6 Å². The molecule has 0 saturated carbocycles. The Hall–Kier alpha value is -0.660. The van der Waals surface area contributed by atoms with Crippen molar-refractivity contribution in [2.75, 3.05) is 26.7 Å². The van der Waals surface area contributed by atoms with E-state index in [1.165, 1.54) is 16.4 Å². The largest absolute Gasteiger partial charge is 0.392 e. The Morgan fingerprint density at radius 1 is 1.40 bits per heavy atom. The van der Waals surface area contributed by atoms with Crippen molar-refractivity contribution in [3.8, 4) is 0 Å². The lowest BCUT2D eigenvalue weighted by Gasteiger charge is -2.36. The van der Waals surface area contributed by atoms with Crippen molar-refractivity contribution in [3.63, 3.8) is 0 Å². The van der Waals surface area contributed by atoms with Crippen LogP contribution in [0.5, 0.6) is 0 Å². The average molecular weight is 319 g/mol. The maximum Gasteiger partial charge on any atom is 0.244 e. The predicted molar refractivity (Wildman–Crippen MR) is 78.2 cm³/mol. The smallest absolute Gasteiger partial charge is 0.244 e. The maximum absolute atomic E-state index is 12.7. The van der Waals surface area contributed by atoms with E-state index in [1.807, 2.05) is 14.0 Å². The first-order valence-corrected chi connectivity index (χ1v) is 8.27. The van der Waals surface area contributed by atoms with Crippen molar-refractivity contribution >= 4 is 21.6 Å². The number of likely N-dealkylation sites (N-methyl/N-ethyl adjacent to an activating group) is 1. The normalized spacial score (nSPS) is 22.1. The zero-order valence-electron chi connectivity index (χ0n) is 11.6. The molecule has 1 aromatic carbocycles. The molecule has 0 radical (unpaired) electrons. The number of sulfonamides is 1. The number of hydrogen-bond donors (Lipinski definition) is 1. The first-order chi connectivity index (χ1) is 9.36. The summed E-state index contributed by atoms with van der Waals surface area (Å²) in [4.78, 5) is 2.19. The number of halogens is 1. The van der Waals surface area contributed by atoms with Crippen LogP contribution in [0.1, 0.15) is 12.5 Å². The Bertz CT molecular complexity index is 591. The number of hydrogen-bond acceptors (Lipinski definition) is 4. The van der Waals surface area contributed by atoms with Crippen molar-refractivity contribution in [3.05, 3.63) is 28.8 Å². The SMILES string of the molecule is CC1CN(S(=O)(=O)c2cc(CO)ccc2Cl)CCN1C. The van der Waals surface area contributed by atoms with E-state index < -0.39 is 10.0 Å². The fraction of sp³-hybridized carbons (Fsp3) is 0.538. The molecule has 2 rings (SSSR count). The minimum absolute atomic E-state index is 0.0717. The van der Waals surface area contributed by atoms with Gasteiger partial charge < -0.3 is 10.0 Å². The fourth-order valence-electron chi connectivity index (χ4n) is 2.22. The van der Waals surface area contributed by atoms with E-state index in [2.05, 4.69) is 4.90 Å². The summed E-state index contributed by atoms with van der Waals surface area (Å²) in [5, 5.41) is 9.34. The lowest BCUT2D eigenvalue weighted by atomic mass is 10.2. The van der Waals surface area contributed by atoms with Gasteiger partial charge in [0, 0.05) is 25.7 Å². The molecule has 1 heterocycles. The van der Waals surface area contributed by atoms with Crippen LogP contribution in [0.4, 0.5) is 0 Å². The van der Waals surface area contributed by atoms with Crippen LogP contribution in [0, 0.1) is 0 Å². The topological polar surface area (TPSA) is 60.9 Å². The van der Waals surface area contributed by atoms with Crippen molar-refractivity contribution < 1.29 is 13.5 Å². The molecule has 1 aliphatic rings. The van der Waals surface area contributed by atoms with E-state index in [0.29, 0.717) is 25.2 Å². The summed E-state index contributed by atoms with van der Waals surface area (Å²) in [5.74, 6) is 0. The van der Waals surface area contributed by atoms with Gasteiger partial charge in [-0.1, -0.05) is 17.7 Å². The standard InChI is InChI=1S/C13H19ClN2O3S/c1-10-8-16(6-5-15(10)2)20(18,19)13-7-11(9-17)3-4-12(13)14/h3-4,7,10,17H,5-6,8-9H2,1-2H3. The molecule has 0 aromatic heterocycles. The molecule has 7 heteroatoms. The first-order valence-electron chi connectivity index (χ1n) is 6.46. The summed E-state index contributed by atoms with van der Waals surface area (Å²) < 4.78 is 26.8. The molecule has 1 unspecified atom stereocenters. The zero-order valence-corrected chi connectivity index (χ0v) is 13.2. The van der Waals surface area contributed by atoms with Crippen LogP contribution in [0.3, 0.4) is 0 Å². The van der Waals surface area contributed by atoms with Gasteiger partial charge in [-0.15, -0.1) is 0 Å². The Balaban J connectivity index is 2.35. The third-order valence-corrected chi connectivity index (χ3v) is 6.07. The Morgan fingerprint density at radius 3 is 2.70 bits per heavy atom. The van der Waals surface area contributed by atoms with Crippen LogP contribution in [0.15, 0.2) is 23.1 Å². The number of aliphatic hydroxyl groups is 1. The number of rotatable bonds is 3. The van der Waals surface area contributed by atoms with E-state index in [4.69, 9.17) is 16.7 Å². The molecule has 0 amide bonds. The summed E-state index contributed by atoms with van der Waals surface area (Å²) >= 11 is 6.02. The van der Waals surface area contributed by atoms with Crippen molar-refractivity contribution in [1.82, 2.24) is 9.21 Å². The minimum atomic E-state index is -3.62. The van der Waals surface area contributed by atoms with Crippen LogP contribution < -0.4 is 0 Å².